The predicted octanol–water partition coefficient (Wildman–Crippen LogP) is 2.79. The van der Waals surface area contributed by atoms with Gasteiger partial charge in [-0.05, 0) is 36.9 Å². The maximum atomic E-state index is 11.4. The van der Waals surface area contributed by atoms with E-state index in [0.717, 1.165) is 24.3 Å². The van der Waals surface area contributed by atoms with Crippen LogP contribution in [0.1, 0.15) is 43.8 Å². The van der Waals surface area contributed by atoms with Gasteiger partial charge >= 0.3 is 5.97 Å². The van der Waals surface area contributed by atoms with E-state index in [2.05, 4.69) is 9.55 Å². The van der Waals surface area contributed by atoms with Crippen molar-refractivity contribution >= 4 is 17.7 Å². The normalized spacial score (nSPS) is 20.3. The average molecular weight is 280 g/mol. The van der Waals surface area contributed by atoms with Gasteiger partial charge in [0.15, 0.2) is 0 Å². The molecule has 2 aliphatic rings. The second kappa shape index (κ2) is 5.19. The van der Waals surface area contributed by atoms with Crippen LogP contribution in [0, 0.1) is 5.41 Å². The molecule has 0 saturated heterocycles. The fraction of sp³-hybridized carbons (Fsp3) is 0.714. The topological polar surface area (TPSA) is 44.1 Å². The van der Waals surface area contributed by atoms with Crippen LogP contribution in [0.2, 0.25) is 0 Å². The zero-order valence-corrected chi connectivity index (χ0v) is 12.1. The lowest BCUT2D eigenvalue weighted by Gasteiger charge is -2.13. The number of esters is 1. The Bertz CT molecular complexity index is 464. The number of hydrogen-bond donors (Lipinski definition) is 0. The molecule has 2 fully saturated rings. The monoisotopic (exact) mass is 280 g/mol. The average Bonchev–Trinajstić information content (AvgIpc) is 3.32. The highest BCUT2D eigenvalue weighted by atomic mass is 32.2. The molecule has 0 bridgehead atoms. The van der Waals surface area contributed by atoms with Crippen molar-refractivity contribution in [1.82, 2.24) is 9.55 Å². The van der Waals surface area contributed by atoms with Gasteiger partial charge in [0, 0.05) is 23.7 Å². The highest BCUT2D eigenvalue weighted by Crippen LogP contribution is 2.51. The Balaban J connectivity index is 1.47. The van der Waals surface area contributed by atoms with Crippen LogP contribution in [0.4, 0.5) is 0 Å². The molecule has 1 aromatic heterocycles. The van der Waals surface area contributed by atoms with Crippen molar-refractivity contribution < 1.29 is 9.53 Å². The third-order valence-corrected chi connectivity index (χ3v) is 5.37. The number of ether oxygens (including phenoxy) is 1. The van der Waals surface area contributed by atoms with Crippen molar-refractivity contribution in [2.45, 2.75) is 43.9 Å². The minimum Gasteiger partial charge on any atom is -0.469 e. The summed E-state index contributed by atoms with van der Waals surface area (Å²) in [6.07, 6.45) is 9.42. The number of carbonyl (C=O) groups is 1. The summed E-state index contributed by atoms with van der Waals surface area (Å²) >= 11 is 1.92. The predicted molar refractivity (Wildman–Crippen MR) is 75.0 cm³/mol. The lowest BCUT2D eigenvalue weighted by atomic mass is 10.1. The summed E-state index contributed by atoms with van der Waals surface area (Å²) < 4.78 is 7.09. The lowest BCUT2D eigenvalue weighted by Crippen LogP contribution is -2.13. The van der Waals surface area contributed by atoms with E-state index in [1.807, 2.05) is 24.3 Å². The molecule has 19 heavy (non-hydrogen) atoms. The molecule has 0 aliphatic heterocycles. The number of imidazole rings is 1. The van der Waals surface area contributed by atoms with Gasteiger partial charge in [0.05, 0.1) is 19.9 Å². The molecule has 0 radical (unpaired) electrons. The van der Waals surface area contributed by atoms with E-state index in [9.17, 15) is 4.79 Å². The van der Waals surface area contributed by atoms with E-state index >= 15 is 0 Å². The highest BCUT2D eigenvalue weighted by Gasteiger charge is 2.44. The Labute approximate surface area is 117 Å². The Kier molecular flexibility index (Phi) is 3.56. The number of hydrogen-bond acceptors (Lipinski definition) is 4. The number of aromatic nitrogens is 2. The molecule has 2 saturated carbocycles. The Morgan fingerprint density at radius 2 is 2.37 bits per heavy atom. The molecule has 2 aliphatic carbocycles. The quantitative estimate of drug-likeness (QED) is 0.720. The van der Waals surface area contributed by atoms with Gasteiger partial charge < -0.3 is 9.30 Å². The fourth-order valence-corrected chi connectivity index (χ4v) is 3.78. The van der Waals surface area contributed by atoms with E-state index in [1.165, 1.54) is 25.6 Å². The second-order valence-electron chi connectivity index (χ2n) is 5.77. The van der Waals surface area contributed by atoms with E-state index < -0.39 is 0 Å². The summed E-state index contributed by atoms with van der Waals surface area (Å²) in [5, 5.41) is 0. The van der Waals surface area contributed by atoms with E-state index in [1.54, 1.807) is 0 Å². The van der Waals surface area contributed by atoms with Gasteiger partial charge in [-0.15, -0.1) is 0 Å². The van der Waals surface area contributed by atoms with Crippen molar-refractivity contribution in [3.05, 3.63) is 18.2 Å². The van der Waals surface area contributed by atoms with Crippen LogP contribution in [0.15, 0.2) is 12.5 Å². The molecule has 0 amide bonds. The summed E-state index contributed by atoms with van der Waals surface area (Å²) in [4.78, 5) is 15.6. The Hall–Kier alpha value is -0.970. The van der Waals surface area contributed by atoms with Gasteiger partial charge in [0.1, 0.15) is 0 Å². The molecule has 0 N–H and O–H groups in total. The van der Waals surface area contributed by atoms with Crippen LogP contribution in [0.3, 0.4) is 0 Å². The maximum Gasteiger partial charge on any atom is 0.306 e. The fourth-order valence-electron chi connectivity index (χ4n) is 2.42. The Morgan fingerprint density at radius 1 is 1.58 bits per heavy atom. The molecule has 5 heteroatoms. The molecule has 3 rings (SSSR count). The number of nitrogens with zero attached hydrogens (tertiary/aromatic N) is 2. The molecule has 4 nitrogen and oxygen atoms in total. The second-order valence-corrected chi connectivity index (χ2v) is 6.75. The minimum absolute atomic E-state index is 0.0684. The van der Waals surface area contributed by atoms with Crippen molar-refractivity contribution in [2.24, 2.45) is 5.41 Å². The largest absolute Gasteiger partial charge is 0.469 e. The molecule has 0 spiro atoms. The van der Waals surface area contributed by atoms with Gasteiger partial charge in [-0.1, -0.05) is 0 Å². The number of methoxy groups -OCH3 is 1. The van der Waals surface area contributed by atoms with Crippen LogP contribution in [-0.2, 0) is 15.3 Å². The summed E-state index contributed by atoms with van der Waals surface area (Å²) in [5.41, 5.74) is 1.55. The molecule has 0 unspecified atom stereocenters. The van der Waals surface area contributed by atoms with Crippen LogP contribution in [0.5, 0.6) is 0 Å². The summed E-state index contributed by atoms with van der Waals surface area (Å²) in [6.45, 7) is 0. The van der Waals surface area contributed by atoms with E-state index in [-0.39, 0.29) is 11.4 Å². The minimum atomic E-state index is -0.0684. The molecule has 1 aromatic rings. The van der Waals surface area contributed by atoms with Crippen LogP contribution in [-0.4, -0.2) is 28.4 Å². The van der Waals surface area contributed by atoms with E-state index in [0.29, 0.717) is 12.5 Å². The van der Waals surface area contributed by atoms with Crippen molar-refractivity contribution in [1.29, 1.82) is 0 Å². The van der Waals surface area contributed by atoms with Gasteiger partial charge in [0.2, 0.25) is 0 Å². The summed E-state index contributed by atoms with van der Waals surface area (Å²) in [5.74, 6) is 1.98. The molecule has 104 valence electrons. The third-order valence-electron chi connectivity index (χ3n) is 4.05. The lowest BCUT2D eigenvalue weighted by molar-refractivity contribution is -0.141. The molecular formula is C14H20N2O2S. The number of thioether (sulfide) groups is 1. The van der Waals surface area contributed by atoms with Crippen molar-refractivity contribution in [3.63, 3.8) is 0 Å². The number of carbonyl (C=O) groups excluding carboxylic acids is 1. The number of rotatable bonds is 7. The SMILES string of the molecule is COC(=O)CC1(CSCc2cncn2C2CC2)CC1. The summed E-state index contributed by atoms with van der Waals surface area (Å²) in [7, 11) is 1.47. The van der Waals surface area contributed by atoms with Gasteiger partial charge in [0.25, 0.3) is 0 Å². The first kappa shape index (κ1) is 13.0. The Morgan fingerprint density at radius 3 is 3.00 bits per heavy atom. The van der Waals surface area contributed by atoms with Gasteiger partial charge in [-0.25, -0.2) is 4.98 Å². The smallest absolute Gasteiger partial charge is 0.306 e. The zero-order chi connectivity index (χ0) is 13.3. The highest BCUT2D eigenvalue weighted by molar-refractivity contribution is 7.98. The third kappa shape index (κ3) is 3.14. The zero-order valence-electron chi connectivity index (χ0n) is 11.3. The standard InChI is InChI=1S/C14H20N2O2S/c1-18-13(17)6-14(4-5-14)9-19-8-12-7-15-10-16(12)11-2-3-11/h7,10-11H,2-6,8-9H2,1H3. The first-order chi connectivity index (χ1) is 9.22. The summed E-state index contributed by atoms with van der Waals surface area (Å²) in [6, 6.07) is 0.697. The van der Waals surface area contributed by atoms with Crippen LogP contribution >= 0.6 is 11.8 Å². The van der Waals surface area contributed by atoms with Crippen molar-refractivity contribution in [3.8, 4) is 0 Å². The molecular weight excluding hydrogens is 260 g/mol. The van der Waals surface area contributed by atoms with Crippen molar-refractivity contribution in [2.75, 3.05) is 12.9 Å². The van der Waals surface area contributed by atoms with E-state index in [4.69, 9.17) is 4.74 Å². The first-order valence-corrected chi connectivity index (χ1v) is 8.03. The molecule has 1 heterocycles. The first-order valence-electron chi connectivity index (χ1n) is 6.88. The van der Waals surface area contributed by atoms with Gasteiger partial charge in [-0.2, -0.15) is 11.8 Å². The molecule has 0 aromatic carbocycles. The van der Waals surface area contributed by atoms with Crippen LogP contribution in [0.25, 0.3) is 0 Å². The van der Waals surface area contributed by atoms with Crippen LogP contribution < -0.4 is 0 Å². The molecule has 0 atom stereocenters. The van der Waals surface area contributed by atoms with Gasteiger partial charge in [-0.3, -0.25) is 4.79 Å². The maximum absolute atomic E-state index is 11.4.